The average Bonchev–Trinajstić information content (AvgIpc) is 3.35. The largest absolute Gasteiger partial charge is 1.00 e. The Morgan fingerprint density at radius 2 is 1.31 bits per heavy atom. The Morgan fingerprint density at radius 1 is 0.812 bits per heavy atom. The second-order valence-corrected chi connectivity index (χ2v) is 10.8. The van der Waals surface area contributed by atoms with Crippen LogP contribution in [0.15, 0.2) is 97.2 Å². The van der Waals surface area contributed by atoms with Crippen molar-refractivity contribution in [1.82, 2.24) is 15.4 Å². The quantitative estimate of drug-likeness (QED) is 0.260. The SMILES string of the molecule is O=C(CC[P+](c1ccccc1)(c1ccccc1)c1ccccc1)OCCc1cn[nH]n1.[Br-]. The van der Waals surface area contributed by atoms with Crippen LogP contribution in [0.4, 0.5) is 0 Å². The van der Waals surface area contributed by atoms with Crippen molar-refractivity contribution in [3.8, 4) is 0 Å². The number of aromatic amines is 1. The summed E-state index contributed by atoms with van der Waals surface area (Å²) in [6.07, 6.45) is 3.27. The number of ether oxygens (including phenoxy) is 1. The summed E-state index contributed by atoms with van der Waals surface area (Å²) in [6, 6.07) is 31.7. The van der Waals surface area contributed by atoms with Gasteiger partial charge in [0.15, 0.2) is 0 Å². The molecule has 0 unspecified atom stereocenters. The van der Waals surface area contributed by atoms with Crippen molar-refractivity contribution < 1.29 is 26.5 Å². The predicted molar refractivity (Wildman–Crippen MR) is 126 cm³/mol. The Morgan fingerprint density at radius 3 is 1.75 bits per heavy atom. The molecule has 4 aromatic rings. The number of carbonyl (C=O) groups excluding carboxylic acids is 1. The monoisotopic (exact) mass is 509 g/mol. The fourth-order valence-corrected chi connectivity index (χ4v) is 8.06. The Bertz CT molecular complexity index is 981. The second-order valence-electron chi connectivity index (χ2n) is 7.22. The summed E-state index contributed by atoms with van der Waals surface area (Å²) in [4.78, 5) is 12.7. The molecule has 0 amide bonds. The lowest BCUT2D eigenvalue weighted by Crippen LogP contribution is -3.00. The van der Waals surface area contributed by atoms with Crippen LogP contribution in [0.2, 0.25) is 0 Å². The van der Waals surface area contributed by atoms with Gasteiger partial charge in [0, 0.05) is 6.42 Å². The lowest BCUT2D eigenvalue weighted by molar-refractivity contribution is -0.143. The van der Waals surface area contributed by atoms with Crippen LogP contribution in [0.3, 0.4) is 0 Å². The molecular weight excluding hydrogens is 485 g/mol. The molecule has 32 heavy (non-hydrogen) atoms. The zero-order valence-corrected chi connectivity index (χ0v) is 20.1. The highest BCUT2D eigenvalue weighted by atomic mass is 79.9. The first kappa shape index (κ1) is 23.8. The number of nitrogens with one attached hydrogen (secondary N) is 1. The molecule has 1 aromatic heterocycles. The molecule has 0 spiro atoms. The van der Waals surface area contributed by atoms with Crippen LogP contribution < -0.4 is 32.9 Å². The van der Waals surface area contributed by atoms with Crippen molar-refractivity contribution in [2.45, 2.75) is 12.8 Å². The summed E-state index contributed by atoms with van der Waals surface area (Å²) < 4.78 is 5.52. The zero-order valence-electron chi connectivity index (χ0n) is 17.6. The third-order valence-corrected chi connectivity index (χ3v) is 9.76. The van der Waals surface area contributed by atoms with Gasteiger partial charge in [-0.1, -0.05) is 54.6 Å². The van der Waals surface area contributed by atoms with Crippen LogP contribution in [0.25, 0.3) is 0 Å². The number of aromatic nitrogens is 3. The van der Waals surface area contributed by atoms with Crippen molar-refractivity contribution in [3.63, 3.8) is 0 Å². The molecule has 4 rings (SSSR count). The molecule has 0 aliphatic rings. The summed E-state index contributed by atoms with van der Waals surface area (Å²) in [5, 5.41) is 14.1. The number of esters is 1. The maximum atomic E-state index is 12.7. The van der Waals surface area contributed by atoms with Crippen LogP contribution in [-0.4, -0.2) is 34.1 Å². The highest BCUT2D eigenvalue weighted by Gasteiger charge is 2.45. The highest BCUT2D eigenvalue weighted by molar-refractivity contribution is 7.95. The number of hydrogen-bond donors (Lipinski definition) is 1. The minimum atomic E-state index is -2.02. The van der Waals surface area contributed by atoms with Gasteiger partial charge in [-0.25, -0.2) is 0 Å². The van der Waals surface area contributed by atoms with E-state index in [1.54, 1.807) is 6.20 Å². The van der Waals surface area contributed by atoms with Crippen molar-refractivity contribution in [3.05, 3.63) is 103 Å². The van der Waals surface area contributed by atoms with Crippen LogP contribution >= 0.6 is 7.26 Å². The van der Waals surface area contributed by atoms with E-state index in [-0.39, 0.29) is 23.0 Å². The van der Waals surface area contributed by atoms with Gasteiger partial charge in [0.2, 0.25) is 0 Å². The molecule has 0 saturated carbocycles. The van der Waals surface area contributed by atoms with E-state index in [4.69, 9.17) is 4.74 Å². The molecule has 0 radical (unpaired) electrons. The first-order valence-electron chi connectivity index (χ1n) is 10.3. The molecule has 0 saturated heterocycles. The normalized spacial score (nSPS) is 10.9. The summed E-state index contributed by atoms with van der Waals surface area (Å²) in [5.74, 6) is -0.185. The Labute approximate surface area is 199 Å². The van der Waals surface area contributed by atoms with Crippen LogP contribution in [0.1, 0.15) is 12.1 Å². The predicted octanol–water partition coefficient (Wildman–Crippen LogP) is 0.279. The van der Waals surface area contributed by atoms with Gasteiger partial charge in [-0.2, -0.15) is 15.4 Å². The summed E-state index contributed by atoms with van der Waals surface area (Å²) >= 11 is 0. The van der Waals surface area contributed by atoms with Gasteiger partial charge >= 0.3 is 5.97 Å². The molecular formula is C25H25BrN3O2P. The van der Waals surface area contributed by atoms with E-state index in [0.29, 0.717) is 25.6 Å². The fraction of sp³-hybridized carbons (Fsp3) is 0.160. The fourth-order valence-electron chi connectivity index (χ4n) is 3.83. The maximum absolute atomic E-state index is 12.7. The molecule has 0 atom stereocenters. The van der Waals surface area contributed by atoms with Gasteiger partial charge in [-0.3, -0.25) is 4.79 Å². The third kappa shape index (κ3) is 5.50. The van der Waals surface area contributed by atoms with Gasteiger partial charge in [0.1, 0.15) is 23.2 Å². The molecule has 0 fully saturated rings. The van der Waals surface area contributed by atoms with Crippen LogP contribution in [0, 0.1) is 0 Å². The Kier molecular flexibility index (Phi) is 8.72. The van der Waals surface area contributed by atoms with Crippen molar-refractivity contribution in [1.29, 1.82) is 0 Å². The number of rotatable bonds is 9. The summed E-state index contributed by atoms with van der Waals surface area (Å²) in [7, 11) is -2.02. The standard InChI is InChI=1S/C25H25N3O2P.BrH/c29-25(30-18-16-21-20-26-28-27-21)17-19-31(22-10-4-1-5-11-22,23-12-6-2-7-13-23)24-14-8-3-9-15-24;/h1-15,20H,16-19H2,(H,26,27,28);1H/q+1;/p-1. The van der Waals surface area contributed by atoms with E-state index in [1.165, 1.54) is 15.9 Å². The summed E-state index contributed by atoms with van der Waals surface area (Å²) in [6.45, 7) is 0.304. The van der Waals surface area contributed by atoms with Crippen LogP contribution in [-0.2, 0) is 16.0 Å². The van der Waals surface area contributed by atoms with Gasteiger partial charge in [-0.15, -0.1) is 0 Å². The molecule has 1 N–H and O–H groups in total. The number of halogens is 1. The minimum absolute atomic E-state index is 0. The minimum Gasteiger partial charge on any atom is -1.00 e. The molecule has 0 aliphatic heterocycles. The molecule has 7 heteroatoms. The van der Waals surface area contributed by atoms with E-state index in [2.05, 4.69) is 88.2 Å². The zero-order chi connectivity index (χ0) is 21.4. The maximum Gasteiger partial charge on any atom is 0.309 e. The summed E-state index contributed by atoms with van der Waals surface area (Å²) in [5.41, 5.74) is 0.785. The van der Waals surface area contributed by atoms with Crippen LogP contribution in [0.5, 0.6) is 0 Å². The number of carbonyl (C=O) groups is 1. The van der Waals surface area contributed by atoms with Gasteiger partial charge < -0.3 is 21.7 Å². The molecule has 0 bridgehead atoms. The van der Waals surface area contributed by atoms with E-state index in [9.17, 15) is 4.79 Å². The van der Waals surface area contributed by atoms with Crippen molar-refractivity contribution in [2.24, 2.45) is 0 Å². The lowest BCUT2D eigenvalue weighted by Gasteiger charge is -2.27. The van der Waals surface area contributed by atoms with E-state index in [1.807, 2.05) is 18.2 Å². The highest BCUT2D eigenvalue weighted by Crippen LogP contribution is 2.55. The van der Waals surface area contributed by atoms with Crippen molar-refractivity contribution >= 4 is 29.1 Å². The first-order chi connectivity index (χ1) is 15.3. The molecule has 164 valence electrons. The Hall–Kier alpha value is -2.82. The van der Waals surface area contributed by atoms with E-state index >= 15 is 0 Å². The van der Waals surface area contributed by atoms with Crippen molar-refractivity contribution in [2.75, 3.05) is 12.8 Å². The molecule has 3 aromatic carbocycles. The topological polar surface area (TPSA) is 67.9 Å². The number of nitrogens with zero attached hydrogens (tertiary/aromatic N) is 2. The lowest BCUT2D eigenvalue weighted by atomic mass is 10.3. The second kappa shape index (κ2) is 11.7. The van der Waals surface area contributed by atoms with Gasteiger partial charge in [-0.05, 0) is 36.4 Å². The molecule has 0 aliphatic carbocycles. The smallest absolute Gasteiger partial charge is 0.309 e. The average molecular weight is 510 g/mol. The van der Waals surface area contributed by atoms with Gasteiger partial charge in [0.25, 0.3) is 0 Å². The molecule has 1 heterocycles. The first-order valence-corrected chi connectivity index (χ1v) is 12.3. The van der Waals surface area contributed by atoms with E-state index < -0.39 is 7.26 Å². The third-order valence-electron chi connectivity index (χ3n) is 5.33. The number of hydrogen-bond acceptors (Lipinski definition) is 4. The van der Waals surface area contributed by atoms with E-state index in [0.717, 1.165) is 5.69 Å². The van der Waals surface area contributed by atoms with Gasteiger partial charge in [0.05, 0.1) is 31.1 Å². The Balaban J connectivity index is 0.00000289. The number of H-pyrrole nitrogens is 1. The number of benzene rings is 3. The molecule has 5 nitrogen and oxygen atoms in total.